The molecule has 0 unspecified atom stereocenters. The van der Waals surface area contributed by atoms with Gasteiger partial charge in [0.25, 0.3) is 0 Å². The van der Waals surface area contributed by atoms with E-state index in [0.29, 0.717) is 0 Å². The lowest BCUT2D eigenvalue weighted by molar-refractivity contribution is -0.136. The Hall–Kier alpha value is -0.990. The van der Waals surface area contributed by atoms with Gasteiger partial charge in [0, 0.05) is 0 Å². The van der Waals surface area contributed by atoms with E-state index in [0.717, 1.165) is 12.8 Å². The highest BCUT2D eigenvalue weighted by molar-refractivity contribution is 5.84. The first-order valence-electron chi connectivity index (χ1n) is 6.19. The summed E-state index contributed by atoms with van der Waals surface area (Å²) in [7, 11) is 1.39. The predicted molar refractivity (Wildman–Crippen MR) is 65.3 cm³/mol. The minimum absolute atomic E-state index is 0.0611. The summed E-state index contributed by atoms with van der Waals surface area (Å²) in [5.41, 5.74) is 0. The van der Waals surface area contributed by atoms with Crippen molar-refractivity contribution in [1.29, 1.82) is 0 Å². The third-order valence-corrected chi connectivity index (χ3v) is 2.57. The van der Waals surface area contributed by atoms with Crippen LogP contribution in [0.25, 0.3) is 0 Å². The van der Waals surface area contributed by atoms with E-state index < -0.39 is 5.97 Å². The van der Waals surface area contributed by atoms with E-state index in [4.69, 9.17) is 9.84 Å². The first kappa shape index (κ1) is 15.0. The summed E-state index contributed by atoms with van der Waals surface area (Å²) in [5, 5.41) is 8.68. The van der Waals surface area contributed by atoms with Gasteiger partial charge in [0.05, 0.1) is 7.11 Å². The van der Waals surface area contributed by atoms with Gasteiger partial charge in [-0.3, -0.25) is 0 Å². The van der Waals surface area contributed by atoms with Gasteiger partial charge in [0.15, 0.2) is 5.76 Å². The molecule has 0 rings (SSSR count). The van der Waals surface area contributed by atoms with Crippen LogP contribution in [0, 0.1) is 0 Å². The Morgan fingerprint density at radius 1 is 1.12 bits per heavy atom. The van der Waals surface area contributed by atoms with Gasteiger partial charge in [-0.15, -0.1) is 0 Å². The van der Waals surface area contributed by atoms with Gasteiger partial charge in [-0.2, -0.15) is 0 Å². The number of unbranched alkanes of at least 4 members (excludes halogenated alkanes) is 7. The Bertz CT molecular complexity index is 209. The van der Waals surface area contributed by atoms with Crippen molar-refractivity contribution in [3.63, 3.8) is 0 Å². The highest BCUT2D eigenvalue weighted by Crippen LogP contribution is 2.09. The van der Waals surface area contributed by atoms with Gasteiger partial charge >= 0.3 is 5.97 Å². The number of ether oxygens (including phenoxy) is 1. The van der Waals surface area contributed by atoms with Crippen molar-refractivity contribution < 1.29 is 14.6 Å². The van der Waals surface area contributed by atoms with Gasteiger partial charge in [-0.1, -0.05) is 45.4 Å². The number of hydrogen-bond donors (Lipinski definition) is 1. The van der Waals surface area contributed by atoms with Crippen molar-refractivity contribution in [2.24, 2.45) is 0 Å². The molecule has 0 saturated carbocycles. The fourth-order valence-corrected chi connectivity index (χ4v) is 1.59. The highest BCUT2D eigenvalue weighted by Gasteiger charge is 2.04. The molecular formula is C13H24O3. The zero-order chi connectivity index (χ0) is 12.2. The van der Waals surface area contributed by atoms with Crippen LogP contribution in [0.4, 0.5) is 0 Å². The molecule has 0 bridgehead atoms. The predicted octanol–water partition coefficient (Wildman–Crippen LogP) is 3.74. The van der Waals surface area contributed by atoms with E-state index in [1.165, 1.54) is 45.6 Å². The highest BCUT2D eigenvalue weighted by atomic mass is 16.5. The molecule has 0 saturated heterocycles. The lowest BCUT2D eigenvalue weighted by Gasteiger charge is -2.01. The molecule has 1 N–H and O–H groups in total. The lowest BCUT2D eigenvalue weighted by Crippen LogP contribution is -2.02. The number of allylic oxidation sites excluding steroid dienone is 1. The zero-order valence-electron chi connectivity index (χ0n) is 10.5. The van der Waals surface area contributed by atoms with Crippen molar-refractivity contribution in [3.8, 4) is 0 Å². The third-order valence-electron chi connectivity index (χ3n) is 2.57. The Labute approximate surface area is 98.5 Å². The molecule has 94 valence electrons. The maximum absolute atomic E-state index is 10.6. The normalized spacial score (nSPS) is 11.5. The second-order valence-corrected chi connectivity index (χ2v) is 3.99. The van der Waals surface area contributed by atoms with Crippen molar-refractivity contribution in [2.45, 2.75) is 58.3 Å². The average Bonchev–Trinajstić information content (AvgIpc) is 2.26. The number of aliphatic carboxylic acids is 1. The van der Waals surface area contributed by atoms with E-state index in [9.17, 15) is 4.79 Å². The van der Waals surface area contributed by atoms with Crippen LogP contribution in [-0.4, -0.2) is 18.2 Å². The number of methoxy groups -OCH3 is 1. The van der Waals surface area contributed by atoms with Gasteiger partial charge < -0.3 is 9.84 Å². The van der Waals surface area contributed by atoms with Crippen LogP contribution in [0.2, 0.25) is 0 Å². The SMILES string of the molecule is CCCCCCCCC/C=C(\OC)C(=O)O. The van der Waals surface area contributed by atoms with E-state index >= 15 is 0 Å². The zero-order valence-corrected chi connectivity index (χ0v) is 10.5. The summed E-state index contributed by atoms with van der Waals surface area (Å²) in [6.07, 6.45) is 11.2. The molecule has 0 aliphatic carbocycles. The fourth-order valence-electron chi connectivity index (χ4n) is 1.59. The van der Waals surface area contributed by atoms with Gasteiger partial charge in [-0.25, -0.2) is 4.79 Å². The molecule has 0 amide bonds. The maximum atomic E-state index is 10.6. The molecule has 0 aromatic rings. The Kier molecular flexibility index (Phi) is 9.87. The van der Waals surface area contributed by atoms with Crippen LogP contribution >= 0.6 is 0 Å². The van der Waals surface area contributed by atoms with E-state index in [1.54, 1.807) is 6.08 Å². The van der Waals surface area contributed by atoms with Gasteiger partial charge in [0.2, 0.25) is 0 Å². The molecule has 0 heterocycles. The number of carbonyl (C=O) groups is 1. The number of hydrogen-bond acceptors (Lipinski definition) is 2. The first-order valence-corrected chi connectivity index (χ1v) is 6.19. The van der Waals surface area contributed by atoms with Crippen molar-refractivity contribution in [3.05, 3.63) is 11.8 Å². The molecule has 0 aromatic carbocycles. The van der Waals surface area contributed by atoms with Crippen LogP contribution in [-0.2, 0) is 9.53 Å². The molecule has 0 atom stereocenters. The van der Waals surface area contributed by atoms with Gasteiger partial charge in [-0.05, 0) is 18.9 Å². The van der Waals surface area contributed by atoms with E-state index in [2.05, 4.69) is 6.92 Å². The lowest BCUT2D eigenvalue weighted by atomic mass is 10.1. The van der Waals surface area contributed by atoms with Crippen LogP contribution < -0.4 is 0 Å². The minimum atomic E-state index is -0.981. The second-order valence-electron chi connectivity index (χ2n) is 3.99. The number of rotatable bonds is 10. The molecule has 0 radical (unpaired) electrons. The summed E-state index contributed by atoms with van der Waals surface area (Å²) in [5.74, 6) is -0.920. The van der Waals surface area contributed by atoms with Gasteiger partial charge in [0.1, 0.15) is 0 Å². The minimum Gasteiger partial charge on any atom is -0.490 e. The quantitative estimate of drug-likeness (QED) is 0.352. The molecule has 3 heteroatoms. The van der Waals surface area contributed by atoms with Crippen LogP contribution in [0.3, 0.4) is 0 Å². The first-order chi connectivity index (χ1) is 7.72. The molecule has 16 heavy (non-hydrogen) atoms. The molecule has 0 fully saturated rings. The largest absolute Gasteiger partial charge is 0.490 e. The van der Waals surface area contributed by atoms with Crippen LogP contribution in [0.1, 0.15) is 58.3 Å². The smallest absolute Gasteiger partial charge is 0.370 e. The summed E-state index contributed by atoms with van der Waals surface area (Å²) < 4.78 is 4.73. The molecular weight excluding hydrogens is 204 g/mol. The fraction of sp³-hybridized carbons (Fsp3) is 0.769. The maximum Gasteiger partial charge on any atom is 0.370 e. The third kappa shape index (κ3) is 8.33. The summed E-state index contributed by atoms with van der Waals surface area (Å²) >= 11 is 0. The number of carboxylic acid groups (broad SMARTS) is 1. The average molecular weight is 228 g/mol. The molecule has 0 spiro atoms. The standard InChI is InChI=1S/C13H24O3/c1-3-4-5-6-7-8-9-10-11-12(16-2)13(14)15/h11H,3-10H2,1-2H3,(H,14,15)/b12-11-. The molecule has 3 nitrogen and oxygen atoms in total. The Morgan fingerprint density at radius 2 is 1.69 bits per heavy atom. The molecule has 0 aliphatic heterocycles. The van der Waals surface area contributed by atoms with E-state index in [-0.39, 0.29) is 5.76 Å². The molecule has 0 aliphatic rings. The van der Waals surface area contributed by atoms with E-state index in [1.807, 2.05) is 0 Å². The summed E-state index contributed by atoms with van der Waals surface area (Å²) in [6.45, 7) is 2.21. The van der Waals surface area contributed by atoms with Crippen molar-refractivity contribution in [1.82, 2.24) is 0 Å². The molecule has 0 aromatic heterocycles. The van der Waals surface area contributed by atoms with Crippen molar-refractivity contribution >= 4 is 5.97 Å². The Balaban J connectivity index is 3.41. The summed E-state index contributed by atoms with van der Waals surface area (Å²) in [6, 6.07) is 0. The monoisotopic (exact) mass is 228 g/mol. The Morgan fingerprint density at radius 3 is 2.19 bits per heavy atom. The topological polar surface area (TPSA) is 46.5 Å². The number of carboxylic acids is 1. The second kappa shape index (κ2) is 10.5. The van der Waals surface area contributed by atoms with Crippen molar-refractivity contribution in [2.75, 3.05) is 7.11 Å². The van der Waals surface area contributed by atoms with Crippen LogP contribution in [0.15, 0.2) is 11.8 Å². The summed E-state index contributed by atoms with van der Waals surface area (Å²) in [4.78, 5) is 10.6. The van der Waals surface area contributed by atoms with Crippen LogP contribution in [0.5, 0.6) is 0 Å².